The molecule has 0 aliphatic heterocycles. The van der Waals surface area contributed by atoms with Crippen molar-refractivity contribution < 1.29 is 4.79 Å². The summed E-state index contributed by atoms with van der Waals surface area (Å²) in [6.07, 6.45) is 0. The number of likely N-dealkylation sites (N-methyl/N-ethyl adjacent to an activating group) is 1. The molecule has 5 nitrogen and oxygen atoms in total. The fraction of sp³-hybridized carbons (Fsp3) is 0.455. The molecule has 0 aromatic carbocycles. The van der Waals surface area contributed by atoms with E-state index >= 15 is 0 Å². The molecule has 0 bridgehead atoms. The summed E-state index contributed by atoms with van der Waals surface area (Å²) in [5, 5.41) is 10.7. The van der Waals surface area contributed by atoms with Crippen molar-refractivity contribution in [1.82, 2.24) is 16.0 Å². The summed E-state index contributed by atoms with van der Waals surface area (Å²) in [6, 6.07) is 2.09. The van der Waals surface area contributed by atoms with Crippen LogP contribution in [-0.4, -0.2) is 32.5 Å². The number of carbonyl (C=O) groups excluding carboxylic acids is 1. The molecule has 0 saturated heterocycles. The Bertz CT molecular complexity index is 400. The summed E-state index contributed by atoms with van der Waals surface area (Å²) in [6.45, 7) is 3.02. The molecule has 0 aliphatic carbocycles. The van der Waals surface area contributed by atoms with Gasteiger partial charge in [0.05, 0.1) is 13.1 Å². The van der Waals surface area contributed by atoms with Crippen LogP contribution in [0, 0.1) is 6.92 Å². The quantitative estimate of drug-likeness (QED) is 0.540. The molecule has 1 rings (SSSR count). The number of rotatable bonds is 4. The molecule has 1 aromatic rings. The summed E-state index contributed by atoms with van der Waals surface area (Å²) < 4.78 is 0. The molecule has 0 spiro atoms. The zero-order chi connectivity index (χ0) is 12.7. The van der Waals surface area contributed by atoms with E-state index in [1.54, 1.807) is 25.4 Å². The topological polar surface area (TPSA) is 65.5 Å². The fourth-order valence-corrected chi connectivity index (χ4v) is 2.07. The van der Waals surface area contributed by atoms with E-state index in [1.165, 1.54) is 10.4 Å². The normalized spacial score (nSPS) is 11.1. The second-order valence-electron chi connectivity index (χ2n) is 3.48. The van der Waals surface area contributed by atoms with Crippen molar-refractivity contribution in [2.24, 2.45) is 4.99 Å². The van der Waals surface area contributed by atoms with Gasteiger partial charge in [-0.25, -0.2) is 0 Å². The smallest absolute Gasteiger partial charge is 0.239 e. The Morgan fingerprint density at radius 3 is 2.76 bits per heavy atom. The Hall–Kier alpha value is -1.56. The molecule has 0 atom stereocenters. The van der Waals surface area contributed by atoms with Crippen LogP contribution in [0.15, 0.2) is 16.4 Å². The number of hydrogen-bond donors (Lipinski definition) is 3. The fourth-order valence-electron chi connectivity index (χ4n) is 1.22. The van der Waals surface area contributed by atoms with Gasteiger partial charge in [-0.1, -0.05) is 0 Å². The van der Waals surface area contributed by atoms with Crippen LogP contribution >= 0.6 is 11.3 Å². The van der Waals surface area contributed by atoms with Gasteiger partial charge in [0.2, 0.25) is 5.91 Å². The first-order valence-electron chi connectivity index (χ1n) is 5.35. The Morgan fingerprint density at radius 1 is 1.47 bits per heavy atom. The lowest BCUT2D eigenvalue weighted by Crippen LogP contribution is -2.42. The second-order valence-corrected chi connectivity index (χ2v) is 4.48. The molecule has 0 fully saturated rings. The minimum Gasteiger partial charge on any atom is -0.358 e. The Morgan fingerprint density at radius 2 is 2.24 bits per heavy atom. The molecule has 94 valence electrons. The lowest BCUT2D eigenvalue weighted by molar-refractivity contribution is -0.119. The van der Waals surface area contributed by atoms with E-state index in [4.69, 9.17) is 0 Å². The Balaban J connectivity index is 2.38. The van der Waals surface area contributed by atoms with Crippen LogP contribution in [0.2, 0.25) is 0 Å². The predicted octanol–water partition coefficient (Wildman–Crippen LogP) is 0.468. The first-order chi connectivity index (χ1) is 8.17. The maximum absolute atomic E-state index is 11.1. The molecular formula is C11H18N4OS. The lowest BCUT2D eigenvalue weighted by atomic mass is 10.3. The molecule has 0 saturated carbocycles. The van der Waals surface area contributed by atoms with Gasteiger partial charge in [0.15, 0.2) is 5.96 Å². The number of hydrogen-bond acceptors (Lipinski definition) is 3. The van der Waals surface area contributed by atoms with Gasteiger partial charge in [-0.15, -0.1) is 11.3 Å². The van der Waals surface area contributed by atoms with Crippen LogP contribution in [0.3, 0.4) is 0 Å². The van der Waals surface area contributed by atoms with Crippen LogP contribution in [-0.2, 0) is 11.3 Å². The maximum Gasteiger partial charge on any atom is 0.239 e. The number of nitrogens with zero attached hydrogens (tertiary/aromatic N) is 1. The Labute approximate surface area is 105 Å². The molecular weight excluding hydrogens is 236 g/mol. The van der Waals surface area contributed by atoms with Crippen molar-refractivity contribution in [3.8, 4) is 0 Å². The third-order valence-corrected chi connectivity index (χ3v) is 3.33. The number of thiophene rings is 1. The minimum atomic E-state index is -0.0692. The van der Waals surface area contributed by atoms with E-state index in [1.807, 2.05) is 0 Å². The first kappa shape index (κ1) is 13.5. The van der Waals surface area contributed by atoms with E-state index in [0.717, 1.165) is 6.54 Å². The number of aryl methyl sites for hydroxylation is 1. The van der Waals surface area contributed by atoms with Crippen molar-refractivity contribution >= 4 is 23.2 Å². The van der Waals surface area contributed by atoms with Crippen molar-refractivity contribution in [3.63, 3.8) is 0 Å². The van der Waals surface area contributed by atoms with Gasteiger partial charge >= 0.3 is 0 Å². The van der Waals surface area contributed by atoms with Gasteiger partial charge in [0, 0.05) is 19.0 Å². The highest BCUT2D eigenvalue weighted by atomic mass is 32.1. The number of nitrogens with one attached hydrogen (secondary N) is 3. The monoisotopic (exact) mass is 254 g/mol. The molecule has 17 heavy (non-hydrogen) atoms. The summed E-state index contributed by atoms with van der Waals surface area (Å²) in [5.74, 6) is 0.557. The standard InChI is InChI=1S/C11H18N4OS/c1-8-4-5-17-9(8)6-14-11(13-3)15-7-10(16)12-2/h4-5H,6-7H2,1-3H3,(H,12,16)(H2,13,14,15). The van der Waals surface area contributed by atoms with Gasteiger partial charge < -0.3 is 16.0 Å². The number of amides is 1. The highest BCUT2D eigenvalue weighted by Gasteiger charge is 2.03. The van der Waals surface area contributed by atoms with Crippen LogP contribution in [0.25, 0.3) is 0 Å². The van der Waals surface area contributed by atoms with E-state index in [0.29, 0.717) is 5.96 Å². The third-order valence-electron chi connectivity index (χ3n) is 2.30. The number of guanidine groups is 1. The lowest BCUT2D eigenvalue weighted by Gasteiger charge is -2.10. The van der Waals surface area contributed by atoms with Crippen LogP contribution in [0.1, 0.15) is 10.4 Å². The first-order valence-corrected chi connectivity index (χ1v) is 6.23. The van der Waals surface area contributed by atoms with E-state index < -0.39 is 0 Å². The average Bonchev–Trinajstić information content (AvgIpc) is 2.75. The molecule has 1 amide bonds. The Kier molecular flexibility index (Phi) is 5.48. The maximum atomic E-state index is 11.1. The number of carbonyl (C=O) groups is 1. The van der Waals surface area contributed by atoms with Gasteiger partial charge in [-0.3, -0.25) is 9.79 Å². The highest BCUT2D eigenvalue weighted by Crippen LogP contribution is 2.14. The van der Waals surface area contributed by atoms with Crippen molar-refractivity contribution in [1.29, 1.82) is 0 Å². The van der Waals surface area contributed by atoms with Gasteiger partial charge in [0.1, 0.15) is 0 Å². The van der Waals surface area contributed by atoms with Crippen LogP contribution < -0.4 is 16.0 Å². The predicted molar refractivity (Wildman–Crippen MR) is 71.3 cm³/mol. The largest absolute Gasteiger partial charge is 0.358 e. The molecule has 6 heteroatoms. The minimum absolute atomic E-state index is 0.0692. The molecule has 1 aromatic heterocycles. The van der Waals surface area contributed by atoms with E-state index in [9.17, 15) is 4.79 Å². The molecule has 0 unspecified atom stereocenters. The second kappa shape index (κ2) is 6.90. The van der Waals surface area contributed by atoms with Crippen molar-refractivity contribution in [2.45, 2.75) is 13.5 Å². The van der Waals surface area contributed by atoms with Gasteiger partial charge in [0.25, 0.3) is 0 Å². The van der Waals surface area contributed by atoms with Crippen molar-refractivity contribution in [2.75, 3.05) is 20.6 Å². The molecule has 0 radical (unpaired) electrons. The van der Waals surface area contributed by atoms with E-state index in [-0.39, 0.29) is 12.5 Å². The van der Waals surface area contributed by atoms with E-state index in [2.05, 4.69) is 39.3 Å². The summed E-state index contributed by atoms with van der Waals surface area (Å²) in [5.41, 5.74) is 1.27. The van der Waals surface area contributed by atoms with Gasteiger partial charge in [-0.2, -0.15) is 0 Å². The van der Waals surface area contributed by atoms with Crippen molar-refractivity contribution in [3.05, 3.63) is 21.9 Å². The number of aliphatic imine (C=N–C) groups is 1. The van der Waals surface area contributed by atoms with Crippen LogP contribution in [0.5, 0.6) is 0 Å². The molecule has 3 N–H and O–H groups in total. The zero-order valence-electron chi connectivity index (χ0n) is 10.3. The molecule has 0 aliphatic rings. The zero-order valence-corrected chi connectivity index (χ0v) is 11.1. The molecule has 1 heterocycles. The van der Waals surface area contributed by atoms with Crippen LogP contribution in [0.4, 0.5) is 0 Å². The summed E-state index contributed by atoms with van der Waals surface area (Å²) in [7, 11) is 3.29. The highest BCUT2D eigenvalue weighted by molar-refractivity contribution is 7.10. The summed E-state index contributed by atoms with van der Waals surface area (Å²) >= 11 is 1.71. The third kappa shape index (κ3) is 4.44. The van der Waals surface area contributed by atoms with Gasteiger partial charge in [-0.05, 0) is 23.9 Å². The summed E-state index contributed by atoms with van der Waals surface area (Å²) in [4.78, 5) is 16.4. The SMILES string of the molecule is CN=C(NCC(=O)NC)NCc1sccc1C. The average molecular weight is 254 g/mol.